The molecule has 1 aromatic rings. The standard InChI is InChI=1S/C9H14N4O4/c10-6(1-5-2-11-4-12-5)8(15)13-7(3-14)9(16)17/h2,4,6-7,14H,1,3,10H2,(H,11,12)(H,13,15)(H,16,17)/t6-,7-/m0/s1. The van der Waals surface area contributed by atoms with Gasteiger partial charge in [-0.1, -0.05) is 0 Å². The monoisotopic (exact) mass is 242 g/mol. The zero-order valence-electron chi connectivity index (χ0n) is 9.05. The lowest BCUT2D eigenvalue weighted by Crippen LogP contribution is -2.70. The first kappa shape index (κ1) is 13.1. The molecule has 8 nitrogen and oxygen atoms in total. The largest absolute Gasteiger partial charge is 0.548 e. The number of aromatic nitrogens is 2. The van der Waals surface area contributed by atoms with Crippen molar-refractivity contribution in [2.45, 2.75) is 18.5 Å². The summed E-state index contributed by atoms with van der Waals surface area (Å²) in [5.41, 5.74) is 4.32. The maximum Gasteiger partial charge on any atom is 0.279 e. The van der Waals surface area contributed by atoms with E-state index in [1.54, 1.807) is 6.20 Å². The zero-order chi connectivity index (χ0) is 12.8. The van der Waals surface area contributed by atoms with E-state index in [4.69, 9.17) is 5.11 Å². The molecule has 0 unspecified atom stereocenters. The smallest absolute Gasteiger partial charge is 0.279 e. The van der Waals surface area contributed by atoms with E-state index in [1.807, 2.05) is 0 Å². The summed E-state index contributed by atoms with van der Waals surface area (Å²) in [6.07, 6.45) is 3.32. The molecular formula is C9H14N4O4. The van der Waals surface area contributed by atoms with Gasteiger partial charge in [0.15, 0.2) is 6.04 Å². The molecule has 0 aliphatic heterocycles. The Morgan fingerprint density at radius 1 is 1.65 bits per heavy atom. The second-order valence-electron chi connectivity index (χ2n) is 3.54. The van der Waals surface area contributed by atoms with E-state index in [0.29, 0.717) is 12.1 Å². The van der Waals surface area contributed by atoms with Crippen molar-refractivity contribution in [1.82, 2.24) is 15.3 Å². The Balaban J connectivity index is 2.49. The van der Waals surface area contributed by atoms with Crippen LogP contribution in [-0.2, 0) is 16.0 Å². The van der Waals surface area contributed by atoms with Crippen LogP contribution in [0.15, 0.2) is 12.5 Å². The van der Waals surface area contributed by atoms with Crippen LogP contribution in [0.1, 0.15) is 5.69 Å². The number of hydrogen-bond acceptors (Lipinski definition) is 5. The summed E-state index contributed by atoms with van der Waals surface area (Å²) in [4.78, 5) is 28.6. The van der Waals surface area contributed by atoms with E-state index in [9.17, 15) is 14.7 Å². The number of rotatable bonds is 6. The first-order valence-electron chi connectivity index (χ1n) is 4.97. The molecule has 0 saturated heterocycles. The summed E-state index contributed by atoms with van der Waals surface area (Å²) in [5.74, 6) is -2.10. The maximum absolute atomic E-state index is 11.5. The number of aliphatic hydroxyl groups is 1. The molecule has 1 rings (SSSR count). The summed E-state index contributed by atoms with van der Waals surface area (Å²) in [6, 6.07) is -2.09. The fraction of sp³-hybridized carbons (Fsp3) is 0.444. The highest BCUT2D eigenvalue weighted by atomic mass is 16.4. The minimum atomic E-state index is -1.53. The van der Waals surface area contributed by atoms with Gasteiger partial charge in [0.05, 0.1) is 31.4 Å². The molecule has 0 aliphatic rings. The van der Waals surface area contributed by atoms with Crippen molar-refractivity contribution in [2.75, 3.05) is 6.61 Å². The highest BCUT2D eigenvalue weighted by Crippen LogP contribution is 1.95. The van der Waals surface area contributed by atoms with Gasteiger partial charge in [-0.2, -0.15) is 0 Å². The molecule has 0 aliphatic carbocycles. The summed E-state index contributed by atoms with van der Waals surface area (Å²) in [7, 11) is 0. The summed E-state index contributed by atoms with van der Waals surface area (Å²) >= 11 is 0. The van der Waals surface area contributed by atoms with Gasteiger partial charge in [0.25, 0.3) is 5.91 Å². The van der Waals surface area contributed by atoms with Crippen LogP contribution in [0.3, 0.4) is 0 Å². The summed E-state index contributed by atoms with van der Waals surface area (Å²) < 4.78 is 0. The lowest BCUT2D eigenvalue weighted by atomic mass is 10.1. The number of hydrogen-bond donors (Lipinski definition) is 4. The van der Waals surface area contributed by atoms with E-state index in [1.165, 1.54) is 6.33 Å². The SMILES string of the molecule is [NH3+][C@@H](Cc1cnc[nH]1)C(=O)N[C@@H](CO)C(=O)[O-]. The number of aromatic amines is 1. The third-order valence-corrected chi connectivity index (χ3v) is 2.18. The Hall–Kier alpha value is -1.93. The Bertz CT molecular complexity index is 378. The van der Waals surface area contributed by atoms with Crippen LogP contribution in [0.5, 0.6) is 0 Å². The molecule has 1 amide bonds. The Morgan fingerprint density at radius 2 is 2.35 bits per heavy atom. The van der Waals surface area contributed by atoms with Gasteiger partial charge in [0.2, 0.25) is 0 Å². The molecule has 1 aromatic heterocycles. The van der Waals surface area contributed by atoms with Crippen LogP contribution >= 0.6 is 0 Å². The van der Waals surface area contributed by atoms with Gasteiger partial charge in [-0.25, -0.2) is 4.98 Å². The van der Waals surface area contributed by atoms with E-state index in [2.05, 4.69) is 21.0 Å². The molecule has 0 aromatic carbocycles. The van der Waals surface area contributed by atoms with Gasteiger partial charge in [-0.3, -0.25) is 4.79 Å². The minimum Gasteiger partial charge on any atom is -0.548 e. The molecular weight excluding hydrogens is 228 g/mol. The highest BCUT2D eigenvalue weighted by molar-refractivity contribution is 5.85. The van der Waals surface area contributed by atoms with Gasteiger partial charge < -0.3 is 31.0 Å². The molecule has 0 spiro atoms. The fourth-order valence-corrected chi connectivity index (χ4v) is 1.22. The maximum atomic E-state index is 11.5. The number of imidazole rings is 1. The van der Waals surface area contributed by atoms with Crippen molar-refractivity contribution < 1.29 is 25.5 Å². The van der Waals surface area contributed by atoms with Gasteiger partial charge >= 0.3 is 0 Å². The predicted molar refractivity (Wildman–Crippen MR) is 53.0 cm³/mol. The van der Waals surface area contributed by atoms with Gasteiger partial charge in [0.1, 0.15) is 0 Å². The van der Waals surface area contributed by atoms with Crippen molar-refractivity contribution in [3.63, 3.8) is 0 Å². The van der Waals surface area contributed by atoms with Crippen molar-refractivity contribution in [3.05, 3.63) is 18.2 Å². The van der Waals surface area contributed by atoms with Crippen molar-refractivity contribution >= 4 is 11.9 Å². The number of carboxylic acids is 1. The number of aliphatic hydroxyl groups excluding tert-OH is 1. The molecule has 8 heteroatoms. The number of nitrogens with zero attached hydrogens (tertiary/aromatic N) is 1. The number of H-pyrrole nitrogens is 1. The van der Waals surface area contributed by atoms with Crippen molar-refractivity contribution in [2.24, 2.45) is 0 Å². The first-order valence-corrected chi connectivity index (χ1v) is 4.97. The Labute approximate surface area is 96.9 Å². The molecule has 6 N–H and O–H groups in total. The zero-order valence-corrected chi connectivity index (χ0v) is 9.05. The van der Waals surface area contributed by atoms with E-state index >= 15 is 0 Å². The number of carbonyl (C=O) groups excluding carboxylic acids is 2. The third-order valence-electron chi connectivity index (χ3n) is 2.18. The van der Waals surface area contributed by atoms with Crippen LogP contribution in [0.25, 0.3) is 0 Å². The number of quaternary nitrogens is 1. The van der Waals surface area contributed by atoms with E-state index < -0.39 is 30.6 Å². The van der Waals surface area contributed by atoms with Gasteiger partial charge in [-0.05, 0) is 0 Å². The molecule has 1 heterocycles. The average Bonchev–Trinajstić information content (AvgIpc) is 2.77. The van der Waals surface area contributed by atoms with Crippen LogP contribution in [0, 0.1) is 0 Å². The predicted octanol–water partition coefficient (Wildman–Crippen LogP) is -4.21. The van der Waals surface area contributed by atoms with Gasteiger partial charge in [0, 0.05) is 11.9 Å². The van der Waals surface area contributed by atoms with Crippen LogP contribution in [-0.4, -0.2) is 45.6 Å². The topological polar surface area (TPSA) is 146 Å². The molecule has 0 radical (unpaired) electrons. The summed E-state index contributed by atoms with van der Waals surface area (Å²) in [5, 5.41) is 21.3. The van der Waals surface area contributed by atoms with E-state index in [0.717, 1.165) is 0 Å². The number of nitrogens with one attached hydrogen (secondary N) is 2. The van der Waals surface area contributed by atoms with Crippen LogP contribution < -0.4 is 16.2 Å². The summed E-state index contributed by atoms with van der Waals surface area (Å²) in [6.45, 7) is -0.717. The number of carbonyl (C=O) groups is 2. The Morgan fingerprint density at radius 3 is 2.82 bits per heavy atom. The molecule has 0 fully saturated rings. The quantitative estimate of drug-likeness (QED) is 0.399. The lowest BCUT2D eigenvalue weighted by molar-refractivity contribution is -0.403. The molecule has 2 atom stereocenters. The van der Waals surface area contributed by atoms with Gasteiger partial charge in [-0.15, -0.1) is 0 Å². The van der Waals surface area contributed by atoms with E-state index in [-0.39, 0.29) is 0 Å². The van der Waals surface area contributed by atoms with Crippen LogP contribution in [0.4, 0.5) is 0 Å². The Kier molecular flexibility index (Phi) is 4.61. The van der Waals surface area contributed by atoms with Crippen molar-refractivity contribution in [3.8, 4) is 0 Å². The minimum absolute atomic E-state index is 0.303. The molecule has 0 saturated carbocycles. The fourth-order valence-electron chi connectivity index (χ4n) is 1.22. The third kappa shape index (κ3) is 3.85. The second kappa shape index (κ2) is 5.97. The number of aliphatic carboxylic acids is 1. The second-order valence-corrected chi connectivity index (χ2v) is 3.54. The highest BCUT2D eigenvalue weighted by Gasteiger charge is 2.21. The normalized spacial score (nSPS) is 14.0. The molecule has 94 valence electrons. The number of amides is 1. The number of carboxylic acid groups (broad SMARTS) is 1. The van der Waals surface area contributed by atoms with Crippen LogP contribution in [0.2, 0.25) is 0 Å². The lowest BCUT2D eigenvalue weighted by Gasteiger charge is -2.18. The first-order chi connectivity index (χ1) is 8.04. The van der Waals surface area contributed by atoms with Crippen molar-refractivity contribution in [1.29, 1.82) is 0 Å². The molecule has 0 bridgehead atoms. The average molecular weight is 242 g/mol. The molecule has 17 heavy (non-hydrogen) atoms.